The lowest BCUT2D eigenvalue weighted by Crippen LogP contribution is -2.21. The third-order valence-electron chi connectivity index (χ3n) is 3.40. The fourth-order valence-electron chi connectivity index (χ4n) is 2.14. The van der Waals surface area contributed by atoms with E-state index in [1.807, 2.05) is 6.07 Å². The average Bonchev–Trinajstić information content (AvgIpc) is 3.02. The van der Waals surface area contributed by atoms with Crippen LogP contribution in [0.1, 0.15) is 18.9 Å². The molecule has 0 amide bonds. The Morgan fingerprint density at radius 2 is 2.55 bits per heavy atom. The summed E-state index contributed by atoms with van der Waals surface area (Å²) in [6.45, 7) is 2.94. The summed E-state index contributed by atoms with van der Waals surface area (Å²) in [5.74, 6) is 1.25. The second kappa shape index (κ2) is 5.26. The van der Waals surface area contributed by atoms with E-state index in [1.165, 1.54) is 18.0 Å². The Bertz CT molecular complexity index is 732. The zero-order valence-electron chi connectivity index (χ0n) is 10.9. The molecule has 3 rings (SSSR count). The van der Waals surface area contributed by atoms with Gasteiger partial charge in [-0.2, -0.15) is 14.9 Å². The van der Waals surface area contributed by atoms with Gasteiger partial charge < -0.3 is 4.74 Å². The molecule has 0 unspecified atom stereocenters. The Kier molecular flexibility index (Phi) is 3.46. The van der Waals surface area contributed by atoms with Gasteiger partial charge in [0.15, 0.2) is 10.8 Å². The molecule has 3 heterocycles. The summed E-state index contributed by atoms with van der Waals surface area (Å²) in [6, 6.07) is 1.98. The SMILES string of the molecule is C[C@@H]1CCO[C@@H]1CSc1nc2c(C#N)cnn2c(=O)[nH]1. The van der Waals surface area contributed by atoms with Gasteiger partial charge in [-0.25, -0.2) is 9.78 Å². The molecule has 1 fully saturated rings. The van der Waals surface area contributed by atoms with Gasteiger partial charge in [-0.3, -0.25) is 4.98 Å². The van der Waals surface area contributed by atoms with Gasteiger partial charge in [0, 0.05) is 12.4 Å². The smallest absolute Gasteiger partial charge is 0.350 e. The van der Waals surface area contributed by atoms with Crippen molar-refractivity contribution in [2.45, 2.75) is 24.6 Å². The molecule has 0 bridgehead atoms. The molecule has 1 aliphatic heterocycles. The lowest BCUT2D eigenvalue weighted by Gasteiger charge is -2.13. The maximum absolute atomic E-state index is 11.8. The summed E-state index contributed by atoms with van der Waals surface area (Å²) in [5, 5.41) is 13.3. The molecular formula is C12H13N5O2S. The van der Waals surface area contributed by atoms with Gasteiger partial charge in [-0.15, -0.1) is 0 Å². The molecule has 0 spiro atoms. The minimum atomic E-state index is -0.389. The van der Waals surface area contributed by atoms with Crippen LogP contribution in [-0.2, 0) is 4.74 Å². The predicted molar refractivity (Wildman–Crippen MR) is 72.6 cm³/mol. The van der Waals surface area contributed by atoms with E-state index < -0.39 is 0 Å². The van der Waals surface area contributed by atoms with Gasteiger partial charge in [0.05, 0.1) is 12.3 Å². The van der Waals surface area contributed by atoms with Crippen LogP contribution in [0, 0.1) is 17.2 Å². The number of fused-ring (bicyclic) bond motifs is 1. The van der Waals surface area contributed by atoms with Crippen LogP contribution in [0.25, 0.3) is 5.65 Å². The van der Waals surface area contributed by atoms with Crippen molar-refractivity contribution in [2.75, 3.05) is 12.4 Å². The number of thioether (sulfide) groups is 1. The lowest BCUT2D eigenvalue weighted by molar-refractivity contribution is 0.113. The summed E-state index contributed by atoms with van der Waals surface area (Å²) in [6.07, 6.45) is 2.59. The van der Waals surface area contributed by atoms with Crippen molar-refractivity contribution in [3.63, 3.8) is 0 Å². The molecule has 7 nitrogen and oxygen atoms in total. The number of nitriles is 1. The number of hydrogen-bond acceptors (Lipinski definition) is 6. The third kappa shape index (κ3) is 2.30. The van der Waals surface area contributed by atoms with Crippen LogP contribution in [0.4, 0.5) is 0 Å². The van der Waals surface area contributed by atoms with Gasteiger partial charge in [-0.1, -0.05) is 18.7 Å². The maximum Gasteiger partial charge on any atom is 0.350 e. The highest BCUT2D eigenvalue weighted by Gasteiger charge is 2.24. The largest absolute Gasteiger partial charge is 0.377 e. The highest BCUT2D eigenvalue weighted by Crippen LogP contribution is 2.25. The first-order valence-corrected chi connectivity index (χ1v) is 7.30. The molecule has 0 radical (unpaired) electrons. The minimum absolute atomic E-state index is 0.182. The number of H-pyrrole nitrogens is 1. The fourth-order valence-corrected chi connectivity index (χ4v) is 3.20. The van der Waals surface area contributed by atoms with E-state index in [1.54, 1.807) is 0 Å². The van der Waals surface area contributed by atoms with Gasteiger partial charge in [0.1, 0.15) is 11.6 Å². The highest BCUT2D eigenvalue weighted by atomic mass is 32.2. The molecule has 0 saturated carbocycles. The first kappa shape index (κ1) is 13.1. The van der Waals surface area contributed by atoms with Crippen LogP contribution in [0.2, 0.25) is 0 Å². The number of aromatic nitrogens is 4. The van der Waals surface area contributed by atoms with Gasteiger partial charge >= 0.3 is 5.69 Å². The van der Waals surface area contributed by atoms with Crippen LogP contribution in [0.5, 0.6) is 0 Å². The second-order valence-electron chi connectivity index (χ2n) is 4.74. The van der Waals surface area contributed by atoms with Crippen molar-refractivity contribution in [1.82, 2.24) is 19.6 Å². The predicted octanol–water partition coefficient (Wildman–Crippen LogP) is 0.806. The molecular weight excluding hydrogens is 278 g/mol. The normalized spacial score (nSPS) is 22.2. The summed E-state index contributed by atoms with van der Waals surface area (Å²) < 4.78 is 6.72. The number of aromatic amines is 1. The number of ether oxygens (including phenoxy) is 1. The van der Waals surface area contributed by atoms with Crippen molar-refractivity contribution >= 4 is 17.4 Å². The highest BCUT2D eigenvalue weighted by molar-refractivity contribution is 7.99. The average molecular weight is 291 g/mol. The molecule has 104 valence electrons. The van der Waals surface area contributed by atoms with Gasteiger partial charge in [-0.05, 0) is 12.3 Å². The number of nitrogens with zero attached hydrogens (tertiary/aromatic N) is 4. The first-order chi connectivity index (χ1) is 9.69. The summed E-state index contributed by atoms with van der Waals surface area (Å²) in [7, 11) is 0. The van der Waals surface area contributed by atoms with E-state index in [9.17, 15) is 4.79 Å². The van der Waals surface area contributed by atoms with E-state index in [-0.39, 0.29) is 11.8 Å². The zero-order valence-corrected chi connectivity index (χ0v) is 11.7. The van der Waals surface area contributed by atoms with Crippen molar-refractivity contribution in [3.8, 4) is 6.07 Å². The summed E-state index contributed by atoms with van der Waals surface area (Å²) >= 11 is 1.43. The molecule has 1 saturated heterocycles. The molecule has 1 N–H and O–H groups in total. The van der Waals surface area contributed by atoms with Crippen LogP contribution in [-0.4, -0.2) is 38.0 Å². The van der Waals surface area contributed by atoms with E-state index in [0.29, 0.717) is 22.3 Å². The quantitative estimate of drug-likeness (QED) is 0.840. The topological polar surface area (TPSA) is 96.1 Å². The van der Waals surface area contributed by atoms with Crippen LogP contribution in [0.3, 0.4) is 0 Å². The molecule has 2 atom stereocenters. The number of nitrogens with one attached hydrogen (secondary N) is 1. The van der Waals surface area contributed by atoms with Crippen LogP contribution < -0.4 is 5.69 Å². The van der Waals surface area contributed by atoms with Gasteiger partial charge in [0.25, 0.3) is 0 Å². The van der Waals surface area contributed by atoms with Gasteiger partial charge in [0.2, 0.25) is 0 Å². The van der Waals surface area contributed by atoms with E-state index in [2.05, 4.69) is 22.0 Å². The third-order valence-corrected chi connectivity index (χ3v) is 4.36. The first-order valence-electron chi connectivity index (χ1n) is 6.31. The summed E-state index contributed by atoms with van der Waals surface area (Å²) in [5.41, 5.74) is 0.196. The summed E-state index contributed by atoms with van der Waals surface area (Å²) in [4.78, 5) is 18.8. The van der Waals surface area contributed by atoms with Crippen LogP contribution in [0.15, 0.2) is 16.1 Å². The number of hydrogen-bond donors (Lipinski definition) is 1. The zero-order chi connectivity index (χ0) is 14.1. The Hall–Kier alpha value is -1.85. The molecule has 0 aliphatic carbocycles. The molecule has 0 aromatic carbocycles. The fraction of sp³-hybridized carbons (Fsp3) is 0.500. The maximum atomic E-state index is 11.8. The molecule has 2 aromatic heterocycles. The lowest BCUT2D eigenvalue weighted by atomic mass is 10.1. The van der Waals surface area contributed by atoms with E-state index in [4.69, 9.17) is 10.00 Å². The molecule has 1 aliphatic rings. The Morgan fingerprint density at radius 3 is 3.25 bits per heavy atom. The van der Waals surface area contributed by atoms with E-state index >= 15 is 0 Å². The molecule has 2 aromatic rings. The molecule has 20 heavy (non-hydrogen) atoms. The molecule has 8 heteroatoms. The van der Waals surface area contributed by atoms with Crippen molar-refractivity contribution in [3.05, 3.63) is 22.2 Å². The van der Waals surface area contributed by atoms with Crippen molar-refractivity contribution in [2.24, 2.45) is 5.92 Å². The Balaban J connectivity index is 1.85. The minimum Gasteiger partial charge on any atom is -0.377 e. The number of rotatable bonds is 3. The standard InChI is InChI=1S/C12H13N5O2S/c1-7-2-3-19-9(7)6-20-11-15-10-8(4-13)5-14-17(10)12(18)16-11/h5,7,9H,2-3,6H2,1H3,(H,15,16,18)/t7-,9-/m1/s1. The van der Waals surface area contributed by atoms with Crippen molar-refractivity contribution in [1.29, 1.82) is 5.26 Å². The van der Waals surface area contributed by atoms with Crippen LogP contribution >= 0.6 is 11.8 Å². The Morgan fingerprint density at radius 1 is 1.70 bits per heavy atom. The van der Waals surface area contributed by atoms with E-state index in [0.717, 1.165) is 23.3 Å². The van der Waals surface area contributed by atoms with Crippen molar-refractivity contribution < 1.29 is 4.74 Å². The second-order valence-corrected chi connectivity index (χ2v) is 5.75. The monoisotopic (exact) mass is 291 g/mol. The Labute approximate surface area is 119 Å².